The van der Waals surface area contributed by atoms with Gasteiger partial charge in [-0.1, -0.05) is 64.0 Å². The number of aliphatic imine (C=N–C) groups is 1. The van der Waals surface area contributed by atoms with Crippen molar-refractivity contribution in [1.29, 1.82) is 0 Å². The minimum Gasteiger partial charge on any atom is -0.352 e. The molecule has 1 fully saturated rings. The Balaban J connectivity index is 1.52. The Bertz CT molecular complexity index is 750. The number of hydrazine groups is 1. The molecule has 0 unspecified atom stereocenters. The van der Waals surface area contributed by atoms with Crippen LogP contribution in [0.25, 0.3) is 0 Å². The van der Waals surface area contributed by atoms with Gasteiger partial charge < -0.3 is 4.90 Å². The SMILES string of the molecule is C=C1N(NC2CCCCCCCCCC2)N=C2CC(C)=NC3=C(N(CC)CC=C3)N12. The third-order valence-electron chi connectivity index (χ3n) is 6.59. The Morgan fingerprint density at radius 2 is 1.73 bits per heavy atom. The number of rotatable bonds is 3. The predicted octanol–water partition coefficient (Wildman–Crippen LogP) is 5.10. The van der Waals surface area contributed by atoms with Crippen molar-refractivity contribution in [3.63, 3.8) is 0 Å². The highest BCUT2D eigenvalue weighted by atomic mass is 15.8. The van der Waals surface area contributed by atoms with Crippen LogP contribution >= 0.6 is 0 Å². The van der Waals surface area contributed by atoms with E-state index in [-0.39, 0.29) is 0 Å². The average Bonchev–Trinajstić information content (AvgIpc) is 2.92. The van der Waals surface area contributed by atoms with E-state index < -0.39 is 0 Å². The molecule has 1 saturated carbocycles. The van der Waals surface area contributed by atoms with Crippen LogP contribution in [0.15, 0.2) is 46.2 Å². The van der Waals surface area contributed by atoms with Gasteiger partial charge in [0.05, 0.1) is 0 Å². The molecule has 3 heterocycles. The van der Waals surface area contributed by atoms with Crippen molar-refractivity contribution >= 4 is 11.5 Å². The first-order valence-corrected chi connectivity index (χ1v) is 12.0. The minimum atomic E-state index is 0.462. The van der Waals surface area contributed by atoms with Crippen molar-refractivity contribution in [3.8, 4) is 0 Å². The number of nitrogens with zero attached hydrogens (tertiary/aromatic N) is 5. The number of allylic oxidation sites excluding steroid dienone is 1. The summed E-state index contributed by atoms with van der Waals surface area (Å²) in [5.41, 5.74) is 5.84. The lowest BCUT2D eigenvalue weighted by atomic mass is 10.0. The van der Waals surface area contributed by atoms with Crippen LogP contribution in [-0.4, -0.2) is 45.6 Å². The quantitative estimate of drug-likeness (QED) is 0.703. The molecule has 1 aliphatic carbocycles. The third-order valence-corrected chi connectivity index (χ3v) is 6.59. The molecule has 0 saturated heterocycles. The van der Waals surface area contributed by atoms with Gasteiger partial charge >= 0.3 is 0 Å². The minimum absolute atomic E-state index is 0.462. The van der Waals surface area contributed by atoms with E-state index in [2.05, 4.69) is 47.8 Å². The number of amidine groups is 1. The zero-order valence-electron chi connectivity index (χ0n) is 18.9. The molecular formula is C24H38N6. The van der Waals surface area contributed by atoms with E-state index in [0.717, 1.165) is 48.4 Å². The maximum atomic E-state index is 4.97. The molecule has 0 aromatic carbocycles. The third kappa shape index (κ3) is 4.64. The van der Waals surface area contributed by atoms with Gasteiger partial charge in [-0.05, 0) is 32.8 Å². The zero-order valence-corrected chi connectivity index (χ0v) is 18.9. The highest BCUT2D eigenvalue weighted by Gasteiger charge is 2.37. The van der Waals surface area contributed by atoms with E-state index in [1.165, 1.54) is 64.2 Å². The van der Waals surface area contributed by atoms with Crippen LogP contribution < -0.4 is 5.43 Å². The Kier molecular flexibility index (Phi) is 6.93. The lowest BCUT2D eigenvalue weighted by Gasteiger charge is -2.35. The number of hydrazone groups is 1. The van der Waals surface area contributed by atoms with Crippen LogP contribution in [0.5, 0.6) is 0 Å². The van der Waals surface area contributed by atoms with Gasteiger partial charge in [-0.25, -0.2) is 5.43 Å². The molecule has 4 aliphatic rings. The van der Waals surface area contributed by atoms with Gasteiger partial charge in [0, 0.05) is 31.3 Å². The highest BCUT2D eigenvalue weighted by molar-refractivity contribution is 6.05. The largest absolute Gasteiger partial charge is 0.352 e. The predicted molar refractivity (Wildman–Crippen MR) is 124 cm³/mol. The molecule has 3 aliphatic heterocycles. The van der Waals surface area contributed by atoms with Gasteiger partial charge in [-0.2, -0.15) is 5.12 Å². The second kappa shape index (κ2) is 9.82. The topological polar surface area (TPSA) is 46.5 Å². The summed E-state index contributed by atoms with van der Waals surface area (Å²) in [5.74, 6) is 3.03. The molecule has 0 amide bonds. The average molecular weight is 411 g/mol. The van der Waals surface area contributed by atoms with E-state index in [9.17, 15) is 0 Å². The summed E-state index contributed by atoms with van der Waals surface area (Å²) >= 11 is 0. The fourth-order valence-electron chi connectivity index (χ4n) is 4.92. The second-order valence-corrected chi connectivity index (χ2v) is 8.99. The van der Waals surface area contributed by atoms with Gasteiger partial charge in [0.15, 0.2) is 0 Å². The smallest absolute Gasteiger partial charge is 0.147 e. The molecule has 0 aromatic heterocycles. The molecule has 30 heavy (non-hydrogen) atoms. The maximum absolute atomic E-state index is 4.97. The second-order valence-electron chi connectivity index (χ2n) is 8.99. The summed E-state index contributed by atoms with van der Waals surface area (Å²) in [6, 6.07) is 0.462. The molecule has 1 N–H and O–H groups in total. The fraction of sp³-hybridized carbons (Fsp3) is 0.667. The highest BCUT2D eigenvalue weighted by Crippen LogP contribution is 2.33. The molecule has 0 radical (unpaired) electrons. The maximum Gasteiger partial charge on any atom is 0.147 e. The van der Waals surface area contributed by atoms with Gasteiger partial charge in [-0.15, -0.1) is 5.10 Å². The van der Waals surface area contributed by atoms with Crippen LogP contribution in [0, 0.1) is 0 Å². The van der Waals surface area contributed by atoms with E-state index in [1.807, 2.05) is 5.12 Å². The number of fused-ring (bicyclic) bond motifs is 2. The molecule has 6 nitrogen and oxygen atoms in total. The van der Waals surface area contributed by atoms with Crippen molar-refractivity contribution < 1.29 is 0 Å². The molecule has 0 atom stereocenters. The lowest BCUT2D eigenvalue weighted by molar-refractivity contribution is 0.179. The van der Waals surface area contributed by atoms with Crippen LogP contribution in [0.3, 0.4) is 0 Å². The fourth-order valence-corrected chi connectivity index (χ4v) is 4.92. The van der Waals surface area contributed by atoms with Gasteiger partial charge in [0.25, 0.3) is 0 Å². The molecule has 0 spiro atoms. The van der Waals surface area contributed by atoms with Gasteiger partial charge in [-0.3, -0.25) is 9.89 Å². The molecule has 6 heteroatoms. The van der Waals surface area contributed by atoms with Crippen molar-refractivity contribution in [2.45, 2.75) is 90.5 Å². The summed E-state index contributed by atoms with van der Waals surface area (Å²) < 4.78 is 0. The summed E-state index contributed by atoms with van der Waals surface area (Å²) in [6.07, 6.45) is 18.4. The zero-order chi connectivity index (χ0) is 20.9. The number of likely N-dealkylation sites (N-methyl/N-ethyl adjacent to an activating group) is 1. The van der Waals surface area contributed by atoms with Crippen LogP contribution in [0.2, 0.25) is 0 Å². The van der Waals surface area contributed by atoms with Crippen molar-refractivity contribution in [2.75, 3.05) is 13.1 Å². The lowest BCUT2D eigenvalue weighted by Crippen LogP contribution is -2.43. The van der Waals surface area contributed by atoms with Crippen molar-refractivity contribution in [1.82, 2.24) is 20.3 Å². The van der Waals surface area contributed by atoms with E-state index >= 15 is 0 Å². The molecular weight excluding hydrogens is 372 g/mol. The van der Waals surface area contributed by atoms with Crippen molar-refractivity contribution in [3.05, 3.63) is 36.1 Å². The number of nitrogens with one attached hydrogen (secondary N) is 1. The summed E-state index contributed by atoms with van der Waals surface area (Å²) in [6.45, 7) is 10.6. The Hall–Kier alpha value is -2.08. The van der Waals surface area contributed by atoms with Crippen molar-refractivity contribution in [2.24, 2.45) is 10.1 Å². The Morgan fingerprint density at radius 3 is 2.40 bits per heavy atom. The Labute approximate surface area is 182 Å². The summed E-state index contributed by atoms with van der Waals surface area (Å²) in [7, 11) is 0. The van der Waals surface area contributed by atoms with E-state index in [1.54, 1.807) is 0 Å². The first-order valence-electron chi connectivity index (χ1n) is 12.0. The molecule has 4 rings (SSSR count). The first-order chi connectivity index (χ1) is 14.7. The van der Waals surface area contributed by atoms with Crippen LogP contribution in [0.4, 0.5) is 0 Å². The standard InChI is InChI=1S/C24H38N6/c1-4-28-17-13-16-22-24(28)29-20(3)30(27-23(29)18-19(2)25-22)26-21-14-11-9-7-5-6-8-10-12-15-21/h13,16,21,26H,3-12,14-15,17-18H2,1-2H3. The van der Waals surface area contributed by atoms with Crippen LogP contribution in [-0.2, 0) is 0 Å². The normalized spacial score (nSPS) is 24.2. The number of hydrogen-bond donors (Lipinski definition) is 1. The summed E-state index contributed by atoms with van der Waals surface area (Å²) in [4.78, 5) is 9.45. The van der Waals surface area contributed by atoms with Crippen LogP contribution in [0.1, 0.15) is 84.5 Å². The van der Waals surface area contributed by atoms with E-state index in [0.29, 0.717) is 6.04 Å². The monoisotopic (exact) mass is 410 g/mol. The molecule has 0 bridgehead atoms. The first kappa shape index (κ1) is 21.2. The summed E-state index contributed by atoms with van der Waals surface area (Å²) in [5, 5.41) is 6.92. The van der Waals surface area contributed by atoms with E-state index in [4.69, 9.17) is 10.1 Å². The molecule has 0 aromatic rings. The number of hydrogen-bond acceptors (Lipinski definition) is 6. The van der Waals surface area contributed by atoms with Gasteiger partial charge in [0.1, 0.15) is 23.2 Å². The molecule has 164 valence electrons. The Morgan fingerprint density at radius 1 is 1.07 bits per heavy atom. The van der Waals surface area contributed by atoms with Gasteiger partial charge in [0.2, 0.25) is 0 Å².